The molecule has 1 atom stereocenters. The summed E-state index contributed by atoms with van der Waals surface area (Å²) in [5, 5.41) is 0.468. The Bertz CT molecular complexity index is 1110. The van der Waals surface area contributed by atoms with Crippen molar-refractivity contribution in [2.45, 2.75) is 38.3 Å². The van der Waals surface area contributed by atoms with E-state index in [4.69, 9.17) is 27.9 Å². The zero-order chi connectivity index (χ0) is 21.2. The molecule has 0 aliphatic heterocycles. The second-order valence-corrected chi connectivity index (χ2v) is 9.07. The smallest absolute Gasteiger partial charge is 0.302 e. The number of aromatic nitrogens is 2. The van der Waals surface area contributed by atoms with Crippen molar-refractivity contribution in [3.63, 3.8) is 0 Å². The minimum absolute atomic E-state index is 0.0393. The number of rotatable bonds is 7. The van der Waals surface area contributed by atoms with Crippen molar-refractivity contribution in [2.75, 3.05) is 0 Å². The van der Waals surface area contributed by atoms with E-state index in [0.717, 1.165) is 5.56 Å². The highest BCUT2D eigenvalue weighted by Gasteiger charge is 2.23. The van der Waals surface area contributed by atoms with Gasteiger partial charge in [-0.15, -0.1) is 0 Å². The van der Waals surface area contributed by atoms with E-state index < -0.39 is 16.1 Å². The molecule has 0 aliphatic rings. The van der Waals surface area contributed by atoms with Crippen LogP contribution in [-0.4, -0.2) is 18.0 Å². The van der Waals surface area contributed by atoms with Crippen molar-refractivity contribution >= 4 is 33.2 Å². The Morgan fingerprint density at radius 2 is 1.83 bits per heavy atom. The van der Waals surface area contributed by atoms with Crippen LogP contribution in [0.1, 0.15) is 31.1 Å². The van der Waals surface area contributed by atoms with Crippen LogP contribution in [0, 0.1) is 6.92 Å². The first-order valence-electron chi connectivity index (χ1n) is 8.98. The predicted octanol–water partition coefficient (Wildman–Crippen LogP) is 5.35. The molecule has 2 aromatic carbocycles. The third-order valence-electron chi connectivity index (χ3n) is 4.37. The topological polar surface area (TPSA) is 73.2 Å². The molecule has 0 bridgehead atoms. The highest BCUT2D eigenvalue weighted by atomic mass is 35.5. The molecule has 0 saturated heterocycles. The molecule has 0 spiro atoms. The Kier molecular flexibility index (Phi) is 6.53. The van der Waals surface area contributed by atoms with Gasteiger partial charge in [-0.2, -0.15) is 0 Å². The monoisotopic (exact) mass is 453 g/mol. The summed E-state index contributed by atoms with van der Waals surface area (Å²) in [6.07, 6.45) is 1.61. The van der Waals surface area contributed by atoms with Gasteiger partial charge in [-0.3, -0.25) is 4.57 Å². The van der Waals surface area contributed by atoms with Gasteiger partial charge in [0, 0.05) is 6.54 Å². The largest absolute Gasteiger partial charge is 0.426 e. The van der Waals surface area contributed by atoms with Gasteiger partial charge in [0.2, 0.25) is 10.0 Å². The fourth-order valence-corrected chi connectivity index (χ4v) is 4.44. The molecule has 0 aliphatic carbocycles. The first-order valence-corrected chi connectivity index (χ1v) is 11.2. The van der Waals surface area contributed by atoms with Gasteiger partial charge >= 0.3 is 6.01 Å². The van der Waals surface area contributed by atoms with Crippen molar-refractivity contribution in [2.24, 2.45) is 0 Å². The van der Waals surface area contributed by atoms with E-state index >= 15 is 0 Å². The highest BCUT2D eigenvalue weighted by molar-refractivity contribution is 7.89. The zero-order valence-corrected chi connectivity index (χ0v) is 18.5. The summed E-state index contributed by atoms with van der Waals surface area (Å²) < 4.78 is 35.8. The number of halogens is 2. The predicted molar refractivity (Wildman–Crippen MR) is 114 cm³/mol. The lowest BCUT2D eigenvalue weighted by atomic mass is 10.2. The Balaban J connectivity index is 1.83. The van der Waals surface area contributed by atoms with Crippen molar-refractivity contribution in [1.82, 2.24) is 14.3 Å². The molecule has 1 aromatic heterocycles. The van der Waals surface area contributed by atoms with Crippen LogP contribution in [0.4, 0.5) is 0 Å². The minimum atomic E-state index is -3.80. The average Bonchev–Trinajstić information content (AvgIpc) is 3.08. The molecule has 3 aromatic rings. The fourth-order valence-electron chi connectivity index (χ4n) is 2.83. The second kappa shape index (κ2) is 8.75. The van der Waals surface area contributed by atoms with Crippen LogP contribution in [0.15, 0.2) is 53.6 Å². The van der Waals surface area contributed by atoms with E-state index in [2.05, 4.69) is 9.71 Å². The van der Waals surface area contributed by atoms with Crippen LogP contribution in [0.5, 0.6) is 11.8 Å². The van der Waals surface area contributed by atoms with Crippen LogP contribution in [0.3, 0.4) is 0 Å². The summed E-state index contributed by atoms with van der Waals surface area (Å²) in [7, 11) is -3.80. The summed E-state index contributed by atoms with van der Waals surface area (Å²) in [6, 6.07) is 11.7. The number of sulfonamides is 1. The number of nitrogens with one attached hydrogen (secondary N) is 1. The van der Waals surface area contributed by atoms with Gasteiger partial charge in [0.25, 0.3) is 0 Å². The van der Waals surface area contributed by atoms with E-state index in [-0.39, 0.29) is 9.92 Å². The highest BCUT2D eigenvalue weighted by Crippen LogP contribution is 2.28. The summed E-state index contributed by atoms with van der Waals surface area (Å²) in [5.41, 5.74) is 1.81. The maximum absolute atomic E-state index is 12.7. The zero-order valence-electron chi connectivity index (χ0n) is 16.2. The molecule has 0 fully saturated rings. The molecule has 3 rings (SSSR count). The van der Waals surface area contributed by atoms with Gasteiger partial charge in [-0.25, -0.2) is 18.1 Å². The standard InChI is InChI=1S/C20H21Cl2N3O3S/c1-4-25-19(12-23-20(25)28-15-7-5-13(2)6-8-15)14(3)24-29(26,27)16-9-10-17(21)18(22)11-16/h5-12,14,24H,4H2,1-3H3. The molecule has 154 valence electrons. The quantitative estimate of drug-likeness (QED) is 0.522. The van der Waals surface area contributed by atoms with Crippen molar-refractivity contribution in [3.8, 4) is 11.8 Å². The molecule has 6 nitrogen and oxygen atoms in total. The Labute approximate surface area is 180 Å². The van der Waals surface area contributed by atoms with Gasteiger partial charge in [0.1, 0.15) is 5.75 Å². The number of ether oxygens (including phenoxy) is 1. The third kappa shape index (κ3) is 4.93. The Hall–Kier alpha value is -2.06. The first kappa shape index (κ1) is 21.6. The van der Waals surface area contributed by atoms with Crippen LogP contribution in [0.2, 0.25) is 10.0 Å². The van der Waals surface area contributed by atoms with Gasteiger partial charge in [-0.05, 0) is 51.1 Å². The maximum Gasteiger partial charge on any atom is 0.302 e. The summed E-state index contributed by atoms with van der Waals surface area (Å²) in [4.78, 5) is 4.36. The summed E-state index contributed by atoms with van der Waals surface area (Å²) in [5.74, 6) is 0.659. The summed E-state index contributed by atoms with van der Waals surface area (Å²) in [6.45, 7) is 6.24. The van der Waals surface area contributed by atoms with E-state index in [0.29, 0.717) is 29.0 Å². The molecule has 29 heavy (non-hydrogen) atoms. The van der Waals surface area contributed by atoms with E-state index in [1.807, 2.05) is 42.7 Å². The van der Waals surface area contributed by atoms with Crippen molar-refractivity contribution in [3.05, 3.63) is 70.0 Å². The minimum Gasteiger partial charge on any atom is -0.426 e. The number of aryl methyl sites for hydroxylation is 1. The van der Waals surface area contributed by atoms with Crippen LogP contribution in [-0.2, 0) is 16.6 Å². The van der Waals surface area contributed by atoms with E-state index in [9.17, 15) is 8.42 Å². The number of benzene rings is 2. The SMILES string of the molecule is CCn1c(C(C)NS(=O)(=O)c2ccc(Cl)c(Cl)c2)cnc1Oc1ccc(C)cc1. The number of nitrogens with zero attached hydrogens (tertiary/aromatic N) is 2. The van der Waals surface area contributed by atoms with E-state index in [1.54, 1.807) is 13.1 Å². The van der Waals surface area contributed by atoms with Crippen LogP contribution >= 0.6 is 23.2 Å². The Morgan fingerprint density at radius 1 is 1.14 bits per heavy atom. The molecule has 9 heteroatoms. The molecule has 1 N–H and O–H groups in total. The van der Waals surface area contributed by atoms with Gasteiger partial charge in [-0.1, -0.05) is 40.9 Å². The lowest BCUT2D eigenvalue weighted by Gasteiger charge is -2.17. The van der Waals surface area contributed by atoms with Crippen molar-refractivity contribution < 1.29 is 13.2 Å². The lowest BCUT2D eigenvalue weighted by Crippen LogP contribution is -2.28. The average molecular weight is 454 g/mol. The summed E-state index contributed by atoms with van der Waals surface area (Å²) >= 11 is 11.8. The molecule has 1 unspecified atom stereocenters. The van der Waals surface area contributed by atoms with Crippen LogP contribution in [0.25, 0.3) is 0 Å². The fraction of sp³-hybridized carbons (Fsp3) is 0.250. The first-order chi connectivity index (χ1) is 13.7. The molecule has 1 heterocycles. The lowest BCUT2D eigenvalue weighted by molar-refractivity contribution is 0.408. The van der Waals surface area contributed by atoms with Gasteiger partial charge in [0.15, 0.2) is 0 Å². The van der Waals surface area contributed by atoms with E-state index in [1.165, 1.54) is 18.2 Å². The number of hydrogen-bond acceptors (Lipinski definition) is 4. The number of imidazole rings is 1. The molecule has 0 radical (unpaired) electrons. The van der Waals surface area contributed by atoms with Crippen LogP contribution < -0.4 is 9.46 Å². The second-order valence-electron chi connectivity index (χ2n) is 6.54. The van der Waals surface area contributed by atoms with Gasteiger partial charge in [0.05, 0.1) is 32.9 Å². The van der Waals surface area contributed by atoms with Gasteiger partial charge < -0.3 is 4.74 Å². The molecular weight excluding hydrogens is 433 g/mol. The molecule has 0 saturated carbocycles. The normalized spacial score (nSPS) is 12.7. The third-order valence-corrected chi connectivity index (χ3v) is 6.65. The molecular formula is C20H21Cl2N3O3S. The Morgan fingerprint density at radius 3 is 2.45 bits per heavy atom. The van der Waals surface area contributed by atoms with Crippen molar-refractivity contribution in [1.29, 1.82) is 0 Å². The molecule has 0 amide bonds. The maximum atomic E-state index is 12.7. The number of hydrogen-bond donors (Lipinski definition) is 1.